The van der Waals surface area contributed by atoms with E-state index in [-0.39, 0.29) is 12.0 Å². The molecule has 0 radical (unpaired) electrons. The van der Waals surface area contributed by atoms with E-state index in [0.717, 1.165) is 45.7 Å². The van der Waals surface area contributed by atoms with E-state index in [1.54, 1.807) is 0 Å². The average Bonchev–Trinajstić information content (AvgIpc) is 2.56. The Morgan fingerprint density at radius 2 is 1.95 bits per heavy atom. The molecule has 0 saturated carbocycles. The minimum atomic E-state index is 0.146. The monoisotopic (exact) mass is 274 g/mol. The molecular weight excluding hydrogens is 252 g/mol. The fourth-order valence-electron chi connectivity index (χ4n) is 3.12. The van der Waals surface area contributed by atoms with Gasteiger partial charge in [-0.2, -0.15) is 0 Å². The Morgan fingerprint density at radius 1 is 1.20 bits per heavy atom. The quantitative estimate of drug-likeness (QED) is 0.890. The first-order chi connectivity index (χ1) is 9.86. The molecular formula is C16H22N2O2. The van der Waals surface area contributed by atoms with E-state index in [9.17, 15) is 4.79 Å². The van der Waals surface area contributed by atoms with Crippen molar-refractivity contribution in [3.8, 4) is 0 Å². The Labute approximate surface area is 120 Å². The second-order valence-electron chi connectivity index (χ2n) is 5.55. The Morgan fingerprint density at radius 3 is 2.70 bits per heavy atom. The van der Waals surface area contributed by atoms with Crippen LogP contribution in [0.4, 0.5) is 0 Å². The lowest BCUT2D eigenvalue weighted by molar-refractivity contribution is -0.142. The first-order valence-corrected chi connectivity index (χ1v) is 7.50. The van der Waals surface area contributed by atoms with Gasteiger partial charge in [0.15, 0.2) is 0 Å². The highest BCUT2D eigenvalue weighted by molar-refractivity contribution is 5.79. The summed E-state index contributed by atoms with van der Waals surface area (Å²) in [4.78, 5) is 14.9. The van der Waals surface area contributed by atoms with Crippen LogP contribution in [0.2, 0.25) is 0 Å². The van der Waals surface area contributed by atoms with Gasteiger partial charge in [-0.25, -0.2) is 0 Å². The van der Waals surface area contributed by atoms with E-state index in [0.29, 0.717) is 5.91 Å². The first-order valence-electron chi connectivity index (χ1n) is 7.50. The van der Waals surface area contributed by atoms with Crippen molar-refractivity contribution in [2.24, 2.45) is 5.92 Å². The number of benzene rings is 1. The maximum absolute atomic E-state index is 12.8. The van der Waals surface area contributed by atoms with Crippen LogP contribution in [0.5, 0.6) is 0 Å². The fraction of sp³-hybridized carbons (Fsp3) is 0.562. The summed E-state index contributed by atoms with van der Waals surface area (Å²) in [6.07, 6.45) is 1.73. The predicted octanol–water partition coefficient (Wildman–Crippen LogP) is 1.59. The Kier molecular flexibility index (Phi) is 4.33. The normalized spacial score (nSPS) is 24.6. The van der Waals surface area contributed by atoms with Crippen LogP contribution in [0.1, 0.15) is 24.4 Å². The number of nitrogens with one attached hydrogen (secondary N) is 1. The van der Waals surface area contributed by atoms with Crippen molar-refractivity contribution in [3.63, 3.8) is 0 Å². The zero-order valence-corrected chi connectivity index (χ0v) is 11.8. The van der Waals surface area contributed by atoms with Gasteiger partial charge in [-0.1, -0.05) is 30.3 Å². The molecule has 0 spiro atoms. The number of ether oxygens (including phenoxy) is 1. The van der Waals surface area contributed by atoms with Gasteiger partial charge in [0.25, 0.3) is 0 Å². The zero-order valence-electron chi connectivity index (χ0n) is 11.8. The van der Waals surface area contributed by atoms with E-state index in [1.807, 2.05) is 18.2 Å². The topological polar surface area (TPSA) is 41.6 Å². The predicted molar refractivity (Wildman–Crippen MR) is 77.3 cm³/mol. The van der Waals surface area contributed by atoms with Crippen LogP contribution in [0.15, 0.2) is 30.3 Å². The van der Waals surface area contributed by atoms with Gasteiger partial charge in [-0.15, -0.1) is 0 Å². The summed E-state index contributed by atoms with van der Waals surface area (Å²) in [6.45, 7) is 3.98. The minimum absolute atomic E-state index is 0.146. The van der Waals surface area contributed by atoms with Gasteiger partial charge in [0, 0.05) is 38.8 Å². The fourth-order valence-corrected chi connectivity index (χ4v) is 3.12. The number of piperazine rings is 1. The number of nitrogens with zero attached hydrogens (tertiary/aromatic N) is 1. The van der Waals surface area contributed by atoms with Crippen molar-refractivity contribution in [2.45, 2.75) is 18.9 Å². The third kappa shape index (κ3) is 2.86. The van der Waals surface area contributed by atoms with Gasteiger partial charge in [0.05, 0.1) is 6.04 Å². The molecule has 4 heteroatoms. The van der Waals surface area contributed by atoms with Crippen molar-refractivity contribution in [1.82, 2.24) is 10.2 Å². The van der Waals surface area contributed by atoms with Gasteiger partial charge in [-0.3, -0.25) is 4.79 Å². The molecule has 4 nitrogen and oxygen atoms in total. The molecule has 1 aromatic rings. The maximum atomic E-state index is 12.8. The Hall–Kier alpha value is -1.39. The third-order valence-electron chi connectivity index (χ3n) is 4.28. The molecule has 0 aliphatic carbocycles. The van der Waals surface area contributed by atoms with E-state index in [4.69, 9.17) is 4.74 Å². The summed E-state index contributed by atoms with van der Waals surface area (Å²) < 4.78 is 5.37. The molecule has 1 amide bonds. The number of carbonyl (C=O) groups is 1. The summed E-state index contributed by atoms with van der Waals surface area (Å²) >= 11 is 0. The standard InChI is InChI=1S/C16H22N2O2/c19-16(14-6-10-20-11-7-14)18-9-8-17-12-15(18)13-4-2-1-3-5-13/h1-5,14-15,17H,6-12H2. The van der Waals surface area contributed by atoms with Crippen LogP contribution >= 0.6 is 0 Å². The van der Waals surface area contributed by atoms with Gasteiger partial charge in [-0.05, 0) is 18.4 Å². The zero-order chi connectivity index (χ0) is 13.8. The molecule has 108 valence electrons. The van der Waals surface area contributed by atoms with Crippen LogP contribution in [0, 0.1) is 5.92 Å². The smallest absolute Gasteiger partial charge is 0.226 e. The van der Waals surface area contributed by atoms with E-state index < -0.39 is 0 Å². The summed E-state index contributed by atoms with van der Waals surface area (Å²) in [6, 6.07) is 10.5. The summed E-state index contributed by atoms with van der Waals surface area (Å²) in [5, 5.41) is 3.40. The second-order valence-corrected chi connectivity index (χ2v) is 5.55. The molecule has 1 unspecified atom stereocenters. The first kappa shape index (κ1) is 13.6. The lowest BCUT2D eigenvalue weighted by Crippen LogP contribution is -2.51. The minimum Gasteiger partial charge on any atom is -0.381 e. The van der Waals surface area contributed by atoms with Gasteiger partial charge >= 0.3 is 0 Å². The lowest BCUT2D eigenvalue weighted by atomic mass is 9.95. The largest absolute Gasteiger partial charge is 0.381 e. The summed E-state index contributed by atoms with van der Waals surface area (Å²) in [5.41, 5.74) is 1.22. The van der Waals surface area contributed by atoms with Gasteiger partial charge < -0.3 is 15.0 Å². The molecule has 2 aliphatic rings. The van der Waals surface area contributed by atoms with Crippen LogP contribution in [0.3, 0.4) is 0 Å². The average molecular weight is 274 g/mol. The Balaban J connectivity index is 1.76. The molecule has 0 aromatic heterocycles. The maximum Gasteiger partial charge on any atom is 0.226 e. The van der Waals surface area contributed by atoms with Crippen LogP contribution in [-0.4, -0.2) is 43.7 Å². The van der Waals surface area contributed by atoms with Gasteiger partial charge in [0.2, 0.25) is 5.91 Å². The molecule has 1 atom stereocenters. The molecule has 2 saturated heterocycles. The molecule has 0 bridgehead atoms. The number of hydrogen-bond donors (Lipinski definition) is 1. The van der Waals surface area contributed by atoms with Crippen molar-refractivity contribution >= 4 is 5.91 Å². The van der Waals surface area contributed by atoms with E-state index in [2.05, 4.69) is 22.3 Å². The second kappa shape index (κ2) is 6.37. The van der Waals surface area contributed by atoms with Crippen LogP contribution in [0.25, 0.3) is 0 Å². The number of rotatable bonds is 2. The molecule has 2 heterocycles. The lowest BCUT2D eigenvalue weighted by Gasteiger charge is -2.39. The summed E-state index contributed by atoms with van der Waals surface area (Å²) in [5.74, 6) is 0.455. The molecule has 2 fully saturated rings. The highest BCUT2D eigenvalue weighted by atomic mass is 16.5. The van der Waals surface area contributed by atoms with Crippen molar-refractivity contribution in [2.75, 3.05) is 32.8 Å². The van der Waals surface area contributed by atoms with Gasteiger partial charge in [0.1, 0.15) is 0 Å². The SMILES string of the molecule is O=C(C1CCOCC1)N1CCNCC1c1ccccc1. The summed E-state index contributed by atoms with van der Waals surface area (Å²) in [7, 11) is 0. The van der Waals surface area contributed by atoms with Crippen LogP contribution < -0.4 is 5.32 Å². The van der Waals surface area contributed by atoms with Crippen LogP contribution in [-0.2, 0) is 9.53 Å². The Bertz CT molecular complexity index is 443. The van der Waals surface area contributed by atoms with E-state index in [1.165, 1.54) is 5.56 Å². The van der Waals surface area contributed by atoms with Crippen molar-refractivity contribution in [1.29, 1.82) is 0 Å². The van der Waals surface area contributed by atoms with E-state index >= 15 is 0 Å². The van der Waals surface area contributed by atoms with Crippen molar-refractivity contribution in [3.05, 3.63) is 35.9 Å². The van der Waals surface area contributed by atoms with Crippen molar-refractivity contribution < 1.29 is 9.53 Å². The highest BCUT2D eigenvalue weighted by Gasteiger charge is 2.32. The third-order valence-corrected chi connectivity index (χ3v) is 4.28. The number of amides is 1. The highest BCUT2D eigenvalue weighted by Crippen LogP contribution is 2.26. The number of carbonyl (C=O) groups excluding carboxylic acids is 1. The molecule has 3 rings (SSSR count). The molecule has 20 heavy (non-hydrogen) atoms. The molecule has 1 aromatic carbocycles. The molecule has 1 N–H and O–H groups in total. The number of hydrogen-bond acceptors (Lipinski definition) is 3. The molecule has 2 aliphatic heterocycles.